The van der Waals surface area contributed by atoms with E-state index in [2.05, 4.69) is 59.4 Å². The number of aliphatic imine (C=N–C) groups is 1. The Morgan fingerprint density at radius 3 is 2.58 bits per heavy atom. The van der Waals surface area contributed by atoms with Gasteiger partial charge in [-0.1, -0.05) is 43.0 Å². The quantitative estimate of drug-likeness (QED) is 0.220. The fourth-order valence-electron chi connectivity index (χ4n) is 3.26. The van der Waals surface area contributed by atoms with Crippen LogP contribution in [0.3, 0.4) is 0 Å². The Labute approximate surface area is 202 Å². The molecule has 168 valence electrons. The average molecular weight is 536 g/mol. The van der Waals surface area contributed by atoms with Gasteiger partial charge >= 0.3 is 0 Å². The van der Waals surface area contributed by atoms with Crippen molar-refractivity contribution in [2.45, 2.75) is 20.0 Å². The van der Waals surface area contributed by atoms with Crippen LogP contribution in [-0.2, 0) is 17.8 Å². The Kier molecular flexibility index (Phi) is 11.2. The molecule has 0 bridgehead atoms. The number of hydrogen-bond donors (Lipinski definition) is 2. The van der Waals surface area contributed by atoms with Gasteiger partial charge in [-0.2, -0.15) is 0 Å². The number of halogens is 1. The van der Waals surface area contributed by atoms with E-state index < -0.39 is 0 Å². The Morgan fingerprint density at radius 1 is 1.13 bits per heavy atom. The van der Waals surface area contributed by atoms with Gasteiger partial charge in [-0.25, -0.2) is 4.99 Å². The molecule has 2 aromatic carbocycles. The summed E-state index contributed by atoms with van der Waals surface area (Å²) in [6.07, 6.45) is 1.75. The molecule has 2 aromatic rings. The predicted octanol–water partition coefficient (Wildman–Crippen LogP) is 3.96. The number of nitrogens with one attached hydrogen (secondary N) is 2. The molecule has 3 rings (SSSR count). The van der Waals surface area contributed by atoms with E-state index in [0.717, 1.165) is 50.1 Å². The number of para-hydroxylation sites is 1. The van der Waals surface area contributed by atoms with E-state index in [4.69, 9.17) is 14.5 Å². The van der Waals surface area contributed by atoms with Crippen LogP contribution >= 0.6 is 24.0 Å². The molecule has 1 saturated heterocycles. The minimum atomic E-state index is 0. The standard InChI is InChI=1S/C24H32N4O2.HI/c1-3-15-30-23-8-6-5-7-21(23)19-27-24(25-4-2)26-18-20-9-11-22(12-10-20)28-13-16-29-17-14-28;/h3,5-12H,1,4,13-19H2,2H3,(H2,25,26,27);1H. The van der Waals surface area contributed by atoms with Crippen molar-refractivity contribution in [3.8, 4) is 5.75 Å². The summed E-state index contributed by atoms with van der Waals surface area (Å²) in [6.45, 7) is 11.8. The van der Waals surface area contributed by atoms with Crippen molar-refractivity contribution < 1.29 is 9.47 Å². The van der Waals surface area contributed by atoms with Crippen LogP contribution in [0.15, 0.2) is 66.2 Å². The van der Waals surface area contributed by atoms with Gasteiger partial charge in [-0.15, -0.1) is 24.0 Å². The van der Waals surface area contributed by atoms with Crippen LogP contribution in [0.4, 0.5) is 5.69 Å². The lowest BCUT2D eigenvalue weighted by Gasteiger charge is -2.28. The average Bonchev–Trinajstić information content (AvgIpc) is 2.81. The summed E-state index contributed by atoms with van der Waals surface area (Å²) in [5.41, 5.74) is 3.51. The zero-order chi connectivity index (χ0) is 21.0. The van der Waals surface area contributed by atoms with Crippen molar-refractivity contribution in [1.82, 2.24) is 10.6 Å². The minimum absolute atomic E-state index is 0. The van der Waals surface area contributed by atoms with Crippen LogP contribution in [0.2, 0.25) is 0 Å². The van der Waals surface area contributed by atoms with Gasteiger partial charge in [-0.05, 0) is 30.7 Å². The van der Waals surface area contributed by atoms with Gasteiger partial charge < -0.3 is 25.0 Å². The van der Waals surface area contributed by atoms with Gasteiger partial charge in [0.2, 0.25) is 0 Å². The fraction of sp³-hybridized carbons (Fsp3) is 0.375. The zero-order valence-electron chi connectivity index (χ0n) is 18.2. The zero-order valence-corrected chi connectivity index (χ0v) is 20.5. The summed E-state index contributed by atoms with van der Waals surface area (Å²) in [7, 11) is 0. The summed E-state index contributed by atoms with van der Waals surface area (Å²) in [6, 6.07) is 16.7. The number of anilines is 1. The van der Waals surface area contributed by atoms with Crippen LogP contribution in [0.25, 0.3) is 0 Å². The van der Waals surface area contributed by atoms with Crippen LogP contribution in [-0.4, -0.2) is 45.4 Å². The molecule has 2 N–H and O–H groups in total. The molecule has 0 saturated carbocycles. The van der Waals surface area contributed by atoms with E-state index in [1.54, 1.807) is 6.08 Å². The van der Waals surface area contributed by atoms with E-state index in [9.17, 15) is 0 Å². The Morgan fingerprint density at radius 2 is 1.87 bits per heavy atom. The SMILES string of the molecule is C=CCOc1ccccc1CNC(=NCc1ccc(N2CCOCC2)cc1)NCC.I. The molecule has 1 heterocycles. The van der Waals surface area contributed by atoms with Crippen molar-refractivity contribution in [3.63, 3.8) is 0 Å². The second kappa shape index (κ2) is 13.9. The number of rotatable bonds is 9. The lowest BCUT2D eigenvalue weighted by atomic mass is 10.2. The van der Waals surface area contributed by atoms with E-state index in [0.29, 0.717) is 19.7 Å². The molecule has 0 aromatic heterocycles. The number of nitrogens with zero attached hydrogens (tertiary/aromatic N) is 2. The van der Waals surface area contributed by atoms with E-state index in [-0.39, 0.29) is 24.0 Å². The van der Waals surface area contributed by atoms with Crippen LogP contribution in [0.5, 0.6) is 5.75 Å². The molecule has 0 amide bonds. The highest BCUT2D eigenvalue weighted by Crippen LogP contribution is 2.18. The molecule has 1 fully saturated rings. The monoisotopic (exact) mass is 536 g/mol. The van der Waals surface area contributed by atoms with Crippen molar-refractivity contribution in [2.75, 3.05) is 44.4 Å². The predicted molar refractivity (Wildman–Crippen MR) is 139 cm³/mol. The van der Waals surface area contributed by atoms with Crippen molar-refractivity contribution in [3.05, 3.63) is 72.3 Å². The molecule has 1 aliphatic heterocycles. The van der Waals surface area contributed by atoms with Gasteiger partial charge in [0.25, 0.3) is 0 Å². The number of guanidine groups is 1. The maximum absolute atomic E-state index is 5.74. The van der Waals surface area contributed by atoms with Gasteiger partial charge in [-0.3, -0.25) is 0 Å². The third-order valence-electron chi connectivity index (χ3n) is 4.85. The van der Waals surface area contributed by atoms with Crippen molar-refractivity contribution in [1.29, 1.82) is 0 Å². The highest BCUT2D eigenvalue weighted by atomic mass is 127. The normalized spacial score (nSPS) is 13.8. The highest BCUT2D eigenvalue weighted by Gasteiger charge is 2.10. The molecule has 0 radical (unpaired) electrons. The largest absolute Gasteiger partial charge is 0.489 e. The first-order chi connectivity index (χ1) is 14.8. The number of benzene rings is 2. The number of morpholine rings is 1. The lowest BCUT2D eigenvalue weighted by Crippen LogP contribution is -2.37. The first-order valence-corrected chi connectivity index (χ1v) is 10.6. The van der Waals surface area contributed by atoms with Gasteiger partial charge in [0.05, 0.1) is 19.8 Å². The Bertz CT molecular complexity index is 821. The second-order valence-electron chi connectivity index (χ2n) is 7.02. The maximum Gasteiger partial charge on any atom is 0.191 e. The van der Waals surface area contributed by atoms with E-state index in [1.165, 1.54) is 11.3 Å². The van der Waals surface area contributed by atoms with Crippen LogP contribution in [0.1, 0.15) is 18.1 Å². The van der Waals surface area contributed by atoms with Crippen LogP contribution < -0.4 is 20.3 Å². The summed E-state index contributed by atoms with van der Waals surface area (Å²) >= 11 is 0. The molecule has 0 unspecified atom stereocenters. The summed E-state index contributed by atoms with van der Waals surface area (Å²) in [5.74, 6) is 1.65. The van der Waals surface area contributed by atoms with E-state index >= 15 is 0 Å². The van der Waals surface area contributed by atoms with Crippen molar-refractivity contribution >= 4 is 35.6 Å². The maximum atomic E-state index is 5.74. The van der Waals surface area contributed by atoms with Crippen molar-refractivity contribution in [2.24, 2.45) is 4.99 Å². The summed E-state index contributed by atoms with van der Waals surface area (Å²) in [5, 5.41) is 6.71. The molecular formula is C24H33IN4O2. The molecule has 0 spiro atoms. The summed E-state index contributed by atoms with van der Waals surface area (Å²) in [4.78, 5) is 7.09. The number of ether oxygens (including phenoxy) is 2. The van der Waals surface area contributed by atoms with E-state index in [1.807, 2.05) is 18.2 Å². The Balaban J connectivity index is 0.00000341. The third kappa shape index (κ3) is 8.06. The Hall–Kier alpha value is -2.26. The van der Waals surface area contributed by atoms with Gasteiger partial charge in [0.15, 0.2) is 5.96 Å². The smallest absolute Gasteiger partial charge is 0.191 e. The number of hydrogen-bond acceptors (Lipinski definition) is 4. The lowest BCUT2D eigenvalue weighted by molar-refractivity contribution is 0.122. The second-order valence-corrected chi connectivity index (χ2v) is 7.02. The minimum Gasteiger partial charge on any atom is -0.489 e. The molecule has 0 aliphatic carbocycles. The first kappa shape index (κ1) is 25.0. The van der Waals surface area contributed by atoms with Gasteiger partial charge in [0.1, 0.15) is 12.4 Å². The molecule has 6 nitrogen and oxygen atoms in total. The molecule has 0 atom stereocenters. The summed E-state index contributed by atoms with van der Waals surface area (Å²) < 4.78 is 11.2. The third-order valence-corrected chi connectivity index (χ3v) is 4.85. The first-order valence-electron chi connectivity index (χ1n) is 10.6. The highest BCUT2D eigenvalue weighted by molar-refractivity contribution is 14.0. The molecule has 1 aliphatic rings. The molecular weight excluding hydrogens is 503 g/mol. The molecule has 7 heteroatoms. The molecule has 31 heavy (non-hydrogen) atoms. The van der Waals surface area contributed by atoms with Gasteiger partial charge in [0, 0.05) is 37.4 Å². The van der Waals surface area contributed by atoms with Crippen LogP contribution in [0, 0.1) is 0 Å². The topological polar surface area (TPSA) is 58.1 Å². The fourth-order valence-corrected chi connectivity index (χ4v) is 3.26.